The van der Waals surface area contributed by atoms with Crippen molar-refractivity contribution < 1.29 is 28.6 Å². The molecule has 0 heterocycles. The molecule has 0 saturated carbocycles. The van der Waals surface area contributed by atoms with Crippen LogP contribution in [0.1, 0.15) is 285 Å². The number of unbranched alkanes of at least 4 members (excludes halogenated alkanes) is 31. The molecule has 344 valence electrons. The smallest absolute Gasteiger partial charge is 0.306 e. The molecule has 6 nitrogen and oxygen atoms in total. The van der Waals surface area contributed by atoms with Crippen LogP contribution in [0.15, 0.2) is 0 Å². The van der Waals surface area contributed by atoms with Crippen LogP contribution in [-0.4, -0.2) is 37.2 Å². The first kappa shape index (κ1) is 56.4. The van der Waals surface area contributed by atoms with Crippen LogP contribution in [0, 0.1) is 11.8 Å². The fourth-order valence-corrected chi connectivity index (χ4v) is 7.81. The van der Waals surface area contributed by atoms with Gasteiger partial charge in [0.05, 0.1) is 0 Å². The molecule has 0 saturated heterocycles. The molecule has 0 aliphatic heterocycles. The van der Waals surface area contributed by atoms with Crippen LogP contribution in [0.2, 0.25) is 0 Å². The van der Waals surface area contributed by atoms with E-state index < -0.39 is 6.10 Å². The van der Waals surface area contributed by atoms with Crippen LogP contribution in [0.4, 0.5) is 0 Å². The Morgan fingerprint density at radius 1 is 0.328 bits per heavy atom. The van der Waals surface area contributed by atoms with Crippen LogP contribution >= 0.6 is 0 Å². The van der Waals surface area contributed by atoms with Crippen LogP contribution in [-0.2, 0) is 28.6 Å². The summed E-state index contributed by atoms with van der Waals surface area (Å²) in [6.45, 7) is 11.3. The van der Waals surface area contributed by atoms with E-state index in [2.05, 4.69) is 34.6 Å². The van der Waals surface area contributed by atoms with E-state index in [1.165, 1.54) is 173 Å². The highest BCUT2D eigenvalue weighted by Crippen LogP contribution is 2.17. The van der Waals surface area contributed by atoms with Crippen molar-refractivity contribution in [2.45, 2.75) is 291 Å². The Labute approximate surface area is 361 Å². The molecule has 0 fully saturated rings. The SMILES string of the molecule is CCCCCCCCCCCCCC(=O)O[C@@H](COC(=O)CCCCCCCCCCCCCCCCCCC(C)C)COC(=O)CCCCCCCCCC(C)C. The van der Waals surface area contributed by atoms with Gasteiger partial charge in [0.25, 0.3) is 0 Å². The topological polar surface area (TPSA) is 78.9 Å². The molecule has 0 aliphatic carbocycles. The molecular formula is C52H100O6. The quantitative estimate of drug-likeness (QED) is 0.0346. The van der Waals surface area contributed by atoms with Crippen molar-refractivity contribution in [3.63, 3.8) is 0 Å². The standard InChI is InChI=1S/C52H100O6/c1-6-7-8-9-10-11-18-23-28-34-39-44-52(55)58-49(46-57-51(54)43-38-33-29-24-26-31-36-41-48(4)5)45-56-50(53)42-37-32-27-22-20-17-15-13-12-14-16-19-21-25-30-35-40-47(2)3/h47-49H,6-46H2,1-5H3/t49-/m0/s1. The molecule has 0 N–H and O–H groups in total. The van der Waals surface area contributed by atoms with Crippen molar-refractivity contribution >= 4 is 17.9 Å². The van der Waals surface area contributed by atoms with Gasteiger partial charge in [-0.25, -0.2) is 0 Å². The molecule has 0 amide bonds. The van der Waals surface area contributed by atoms with E-state index >= 15 is 0 Å². The van der Waals surface area contributed by atoms with Crippen molar-refractivity contribution in [2.24, 2.45) is 11.8 Å². The number of ether oxygens (including phenoxy) is 3. The Balaban J connectivity index is 4.22. The zero-order chi connectivity index (χ0) is 42.6. The number of carbonyl (C=O) groups excluding carboxylic acids is 3. The van der Waals surface area contributed by atoms with Gasteiger partial charge in [0.2, 0.25) is 0 Å². The second-order valence-corrected chi connectivity index (χ2v) is 18.8. The first-order chi connectivity index (χ1) is 28.2. The number of esters is 3. The van der Waals surface area contributed by atoms with Gasteiger partial charge < -0.3 is 14.2 Å². The van der Waals surface area contributed by atoms with Gasteiger partial charge in [0, 0.05) is 19.3 Å². The molecule has 0 unspecified atom stereocenters. The van der Waals surface area contributed by atoms with Crippen LogP contribution < -0.4 is 0 Å². The normalized spacial score (nSPS) is 12.1. The Bertz CT molecular complexity index is 885. The number of hydrogen-bond donors (Lipinski definition) is 0. The maximum atomic E-state index is 12.7. The summed E-state index contributed by atoms with van der Waals surface area (Å²) < 4.78 is 16.8. The Hall–Kier alpha value is -1.59. The highest BCUT2D eigenvalue weighted by Gasteiger charge is 2.19. The number of rotatable bonds is 46. The zero-order valence-corrected chi connectivity index (χ0v) is 39.7. The average Bonchev–Trinajstić information content (AvgIpc) is 3.19. The minimum absolute atomic E-state index is 0.0641. The minimum Gasteiger partial charge on any atom is -0.462 e. The summed E-state index contributed by atoms with van der Waals surface area (Å²) in [5.74, 6) is 0.782. The summed E-state index contributed by atoms with van der Waals surface area (Å²) in [6, 6.07) is 0. The third-order valence-electron chi connectivity index (χ3n) is 11.7. The van der Waals surface area contributed by atoms with Crippen molar-refractivity contribution in [2.75, 3.05) is 13.2 Å². The Morgan fingerprint density at radius 2 is 0.569 bits per heavy atom. The lowest BCUT2D eigenvalue weighted by molar-refractivity contribution is -0.167. The fourth-order valence-electron chi connectivity index (χ4n) is 7.81. The summed E-state index contributed by atoms with van der Waals surface area (Å²) in [7, 11) is 0. The molecule has 0 rings (SSSR count). The molecule has 0 aromatic carbocycles. The molecule has 0 bridgehead atoms. The summed E-state index contributed by atoms with van der Waals surface area (Å²) in [5.41, 5.74) is 0. The Morgan fingerprint density at radius 3 is 0.845 bits per heavy atom. The van der Waals surface area contributed by atoms with Gasteiger partial charge in [-0.15, -0.1) is 0 Å². The van der Waals surface area contributed by atoms with Gasteiger partial charge in [-0.2, -0.15) is 0 Å². The lowest BCUT2D eigenvalue weighted by Crippen LogP contribution is -2.30. The number of carbonyl (C=O) groups is 3. The second-order valence-electron chi connectivity index (χ2n) is 18.8. The zero-order valence-electron chi connectivity index (χ0n) is 39.7. The van der Waals surface area contributed by atoms with E-state index in [9.17, 15) is 14.4 Å². The third-order valence-corrected chi connectivity index (χ3v) is 11.7. The van der Waals surface area contributed by atoms with Gasteiger partial charge in [0.1, 0.15) is 13.2 Å². The van der Waals surface area contributed by atoms with E-state index in [4.69, 9.17) is 14.2 Å². The molecule has 0 radical (unpaired) electrons. The molecule has 0 aromatic heterocycles. The van der Waals surface area contributed by atoms with Gasteiger partial charge in [-0.1, -0.05) is 247 Å². The summed E-state index contributed by atoms with van der Waals surface area (Å²) in [4.78, 5) is 37.8. The fraction of sp³-hybridized carbons (Fsp3) is 0.942. The molecule has 0 aliphatic rings. The molecular weight excluding hydrogens is 721 g/mol. The van der Waals surface area contributed by atoms with E-state index in [0.29, 0.717) is 19.3 Å². The number of hydrogen-bond acceptors (Lipinski definition) is 6. The van der Waals surface area contributed by atoms with Crippen LogP contribution in [0.5, 0.6) is 0 Å². The lowest BCUT2D eigenvalue weighted by Gasteiger charge is -2.18. The van der Waals surface area contributed by atoms with Crippen molar-refractivity contribution in [3.05, 3.63) is 0 Å². The Kier molecular flexibility index (Phi) is 43.7. The van der Waals surface area contributed by atoms with E-state index in [1.807, 2.05) is 0 Å². The molecule has 0 aromatic rings. The van der Waals surface area contributed by atoms with Gasteiger partial charge >= 0.3 is 17.9 Å². The molecule has 0 spiro atoms. The predicted octanol–water partition coefficient (Wildman–Crippen LogP) is 16.5. The molecule has 1 atom stereocenters. The third kappa shape index (κ3) is 45.5. The lowest BCUT2D eigenvalue weighted by atomic mass is 10.0. The summed E-state index contributed by atoms with van der Waals surface area (Å²) in [6.07, 6.45) is 45.3. The maximum Gasteiger partial charge on any atom is 0.306 e. The molecule has 58 heavy (non-hydrogen) atoms. The minimum atomic E-state index is -0.761. The average molecular weight is 821 g/mol. The predicted molar refractivity (Wildman–Crippen MR) is 247 cm³/mol. The maximum absolute atomic E-state index is 12.7. The first-order valence-electron chi connectivity index (χ1n) is 25.7. The monoisotopic (exact) mass is 821 g/mol. The summed E-state index contributed by atoms with van der Waals surface area (Å²) >= 11 is 0. The van der Waals surface area contributed by atoms with Gasteiger partial charge in [-0.05, 0) is 31.1 Å². The van der Waals surface area contributed by atoms with Crippen molar-refractivity contribution in [1.29, 1.82) is 0 Å². The van der Waals surface area contributed by atoms with E-state index in [0.717, 1.165) is 69.6 Å². The highest BCUT2D eigenvalue weighted by atomic mass is 16.6. The first-order valence-corrected chi connectivity index (χ1v) is 25.7. The van der Waals surface area contributed by atoms with Gasteiger partial charge in [0.15, 0.2) is 6.10 Å². The summed E-state index contributed by atoms with van der Waals surface area (Å²) in [5, 5.41) is 0. The van der Waals surface area contributed by atoms with Crippen molar-refractivity contribution in [3.8, 4) is 0 Å². The largest absolute Gasteiger partial charge is 0.462 e. The van der Waals surface area contributed by atoms with E-state index in [1.54, 1.807) is 0 Å². The van der Waals surface area contributed by atoms with Crippen LogP contribution in [0.25, 0.3) is 0 Å². The van der Waals surface area contributed by atoms with Crippen LogP contribution in [0.3, 0.4) is 0 Å². The highest BCUT2D eigenvalue weighted by molar-refractivity contribution is 5.71. The van der Waals surface area contributed by atoms with Crippen molar-refractivity contribution in [1.82, 2.24) is 0 Å². The second kappa shape index (κ2) is 44.9. The van der Waals surface area contributed by atoms with E-state index in [-0.39, 0.29) is 31.1 Å². The van der Waals surface area contributed by atoms with Gasteiger partial charge in [-0.3, -0.25) is 14.4 Å². The molecule has 6 heteroatoms.